The number of carbonyl (C=O) groups is 1. The third kappa shape index (κ3) is 5.95. The summed E-state index contributed by atoms with van der Waals surface area (Å²) in [6.07, 6.45) is 1.89. The average Bonchev–Trinajstić information content (AvgIpc) is 2.51. The maximum Gasteiger partial charge on any atom is 0.236 e. The minimum Gasteiger partial charge on any atom is -0.353 e. The molecule has 0 spiro atoms. The molecule has 4 nitrogen and oxygen atoms in total. The van der Waals surface area contributed by atoms with E-state index in [1.165, 1.54) is 5.56 Å². The van der Waals surface area contributed by atoms with Crippen LogP contribution >= 0.6 is 12.4 Å². The van der Waals surface area contributed by atoms with Crippen molar-refractivity contribution in [3.63, 3.8) is 0 Å². The lowest BCUT2D eigenvalue weighted by Crippen LogP contribution is -2.55. The first-order valence-corrected chi connectivity index (χ1v) is 7.80. The van der Waals surface area contributed by atoms with Crippen LogP contribution in [0.2, 0.25) is 0 Å². The van der Waals surface area contributed by atoms with Crippen molar-refractivity contribution in [3.05, 3.63) is 35.9 Å². The first kappa shape index (κ1) is 20.9. The normalized spacial score (nSPS) is 13.9. The summed E-state index contributed by atoms with van der Waals surface area (Å²) in [4.78, 5) is 11.7. The van der Waals surface area contributed by atoms with Gasteiger partial charge in [-0.05, 0) is 32.3 Å². The molecule has 1 rings (SSSR count). The zero-order valence-electron chi connectivity index (χ0n) is 14.1. The fourth-order valence-electron chi connectivity index (χ4n) is 2.46. The van der Waals surface area contributed by atoms with E-state index >= 15 is 0 Å². The van der Waals surface area contributed by atoms with Gasteiger partial charge in [0.15, 0.2) is 0 Å². The van der Waals surface area contributed by atoms with Crippen LogP contribution < -0.4 is 16.4 Å². The van der Waals surface area contributed by atoms with Crippen LogP contribution in [0.15, 0.2) is 30.3 Å². The van der Waals surface area contributed by atoms with Gasteiger partial charge in [-0.2, -0.15) is 0 Å². The van der Waals surface area contributed by atoms with E-state index in [1.807, 2.05) is 18.2 Å². The van der Waals surface area contributed by atoms with E-state index in [2.05, 4.69) is 43.5 Å². The van der Waals surface area contributed by atoms with Crippen LogP contribution in [0.25, 0.3) is 0 Å². The van der Waals surface area contributed by atoms with E-state index in [0.29, 0.717) is 6.54 Å². The van der Waals surface area contributed by atoms with Crippen molar-refractivity contribution in [2.45, 2.75) is 58.2 Å². The molecule has 0 saturated heterocycles. The Hall–Kier alpha value is -1.10. The molecule has 126 valence electrons. The van der Waals surface area contributed by atoms with Crippen LogP contribution in [-0.4, -0.2) is 24.0 Å². The fourth-order valence-corrected chi connectivity index (χ4v) is 2.46. The monoisotopic (exact) mass is 327 g/mol. The van der Waals surface area contributed by atoms with Crippen molar-refractivity contribution < 1.29 is 4.79 Å². The summed E-state index contributed by atoms with van der Waals surface area (Å²) in [6.45, 7) is 8.74. The van der Waals surface area contributed by atoms with Crippen LogP contribution in [0.1, 0.15) is 52.1 Å². The Kier molecular flexibility index (Phi) is 9.33. The number of hydrogen-bond acceptors (Lipinski definition) is 3. The Balaban J connectivity index is 0.00000441. The highest BCUT2D eigenvalue weighted by atomic mass is 35.5. The van der Waals surface area contributed by atoms with E-state index < -0.39 is 6.04 Å². The highest BCUT2D eigenvalue weighted by Crippen LogP contribution is 2.21. The molecule has 0 aliphatic carbocycles. The number of carbonyl (C=O) groups excluding carboxylic acids is 1. The Morgan fingerprint density at radius 1 is 1.18 bits per heavy atom. The number of benzene rings is 1. The lowest BCUT2D eigenvalue weighted by atomic mass is 9.90. The van der Waals surface area contributed by atoms with Gasteiger partial charge in [-0.15, -0.1) is 12.4 Å². The van der Waals surface area contributed by atoms with E-state index in [4.69, 9.17) is 5.73 Å². The summed E-state index contributed by atoms with van der Waals surface area (Å²) in [5, 5.41) is 6.64. The SMILES string of the molecule is CCC(CC)(CNC(=O)C(C)N)NC(C)c1ccccc1.Cl. The van der Waals surface area contributed by atoms with E-state index in [9.17, 15) is 4.79 Å². The maximum atomic E-state index is 11.7. The summed E-state index contributed by atoms with van der Waals surface area (Å²) in [6, 6.07) is 10.1. The molecule has 0 bridgehead atoms. The maximum absolute atomic E-state index is 11.7. The minimum absolute atomic E-state index is 0. The molecule has 0 aromatic heterocycles. The predicted molar refractivity (Wildman–Crippen MR) is 95.2 cm³/mol. The smallest absolute Gasteiger partial charge is 0.236 e. The van der Waals surface area contributed by atoms with Crippen LogP contribution in [-0.2, 0) is 4.79 Å². The zero-order chi connectivity index (χ0) is 15.9. The predicted octanol–water partition coefficient (Wildman–Crippen LogP) is 2.78. The highest BCUT2D eigenvalue weighted by Gasteiger charge is 2.28. The van der Waals surface area contributed by atoms with Crippen molar-refractivity contribution in [2.75, 3.05) is 6.54 Å². The summed E-state index contributed by atoms with van der Waals surface area (Å²) in [5.74, 6) is -0.101. The highest BCUT2D eigenvalue weighted by molar-refractivity contribution is 5.85. The quantitative estimate of drug-likeness (QED) is 0.687. The van der Waals surface area contributed by atoms with Crippen molar-refractivity contribution in [2.24, 2.45) is 5.73 Å². The molecule has 0 aliphatic heterocycles. The van der Waals surface area contributed by atoms with Gasteiger partial charge in [-0.1, -0.05) is 44.2 Å². The first-order chi connectivity index (χ1) is 9.94. The second-order valence-electron chi connectivity index (χ2n) is 5.77. The molecule has 0 fully saturated rings. The number of halogens is 1. The molecule has 22 heavy (non-hydrogen) atoms. The number of rotatable bonds is 8. The molecule has 0 radical (unpaired) electrons. The molecule has 2 unspecified atom stereocenters. The molecule has 0 aliphatic rings. The van der Waals surface area contributed by atoms with Crippen molar-refractivity contribution >= 4 is 18.3 Å². The van der Waals surface area contributed by atoms with Gasteiger partial charge in [0.1, 0.15) is 0 Å². The fraction of sp³-hybridized carbons (Fsp3) is 0.588. The topological polar surface area (TPSA) is 67.2 Å². The largest absolute Gasteiger partial charge is 0.353 e. The summed E-state index contributed by atoms with van der Waals surface area (Å²) < 4.78 is 0. The van der Waals surface area contributed by atoms with Gasteiger partial charge >= 0.3 is 0 Å². The van der Waals surface area contributed by atoms with Crippen LogP contribution in [0.5, 0.6) is 0 Å². The Morgan fingerprint density at radius 3 is 2.18 bits per heavy atom. The Bertz CT molecular complexity index is 433. The Labute approximate surface area is 140 Å². The third-order valence-electron chi connectivity index (χ3n) is 4.19. The van der Waals surface area contributed by atoms with Gasteiger partial charge in [0.25, 0.3) is 0 Å². The molecule has 4 N–H and O–H groups in total. The third-order valence-corrected chi connectivity index (χ3v) is 4.19. The van der Waals surface area contributed by atoms with E-state index in [0.717, 1.165) is 12.8 Å². The molecule has 2 atom stereocenters. The Morgan fingerprint density at radius 2 is 1.73 bits per heavy atom. The van der Waals surface area contributed by atoms with E-state index in [-0.39, 0.29) is 29.9 Å². The first-order valence-electron chi connectivity index (χ1n) is 7.80. The molecule has 0 heterocycles. The molecular weight excluding hydrogens is 298 g/mol. The minimum atomic E-state index is -0.469. The molecule has 5 heteroatoms. The summed E-state index contributed by atoms with van der Waals surface area (Å²) in [5.41, 5.74) is 6.75. The van der Waals surface area contributed by atoms with E-state index in [1.54, 1.807) is 6.92 Å². The van der Waals surface area contributed by atoms with Gasteiger partial charge in [0, 0.05) is 18.1 Å². The lowest BCUT2D eigenvalue weighted by molar-refractivity contribution is -0.122. The van der Waals surface area contributed by atoms with Gasteiger partial charge in [0.2, 0.25) is 5.91 Å². The number of hydrogen-bond donors (Lipinski definition) is 3. The van der Waals surface area contributed by atoms with Crippen LogP contribution in [0.4, 0.5) is 0 Å². The molecule has 1 aromatic rings. The number of nitrogens with one attached hydrogen (secondary N) is 2. The molecule has 0 saturated carbocycles. The second kappa shape index (κ2) is 9.82. The van der Waals surface area contributed by atoms with Gasteiger partial charge in [0.05, 0.1) is 6.04 Å². The number of nitrogens with two attached hydrogens (primary N) is 1. The van der Waals surface area contributed by atoms with Gasteiger partial charge < -0.3 is 16.4 Å². The molecule has 1 aromatic carbocycles. The lowest BCUT2D eigenvalue weighted by Gasteiger charge is -2.36. The molecular formula is C17H30ClN3O. The zero-order valence-corrected chi connectivity index (χ0v) is 14.9. The molecule has 1 amide bonds. The van der Waals surface area contributed by atoms with Crippen molar-refractivity contribution in [3.8, 4) is 0 Å². The summed E-state index contributed by atoms with van der Waals surface area (Å²) >= 11 is 0. The van der Waals surface area contributed by atoms with Crippen molar-refractivity contribution in [1.82, 2.24) is 10.6 Å². The van der Waals surface area contributed by atoms with Crippen LogP contribution in [0.3, 0.4) is 0 Å². The second-order valence-corrected chi connectivity index (χ2v) is 5.77. The standard InChI is InChI=1S/C17H29N3O.ClH/c1-5-17(6-2,12-19-16(21)13(3)18)20-14(4)15-10-8-7-9-11-15;/h7-11,13-14,20H,5-6,12,18H2,1-4H3,(H,19,21);1H. The van der Waals surface area contributed by atoms with Gasteiger partial charge in [-0.25, -0.2) is 0 Å². The summed E-state index contributed by atoms with van der Waals surface area (Å²) in [7, 11) is 0. The van der Waals surface area contributed by atoms with Crippen LogP contribution in [0, 0.1) is 0 Å². The van der Waals surface area contributed by atoms with Crippen molar-refractivity contribution in [1.29, 1.82) is 0 Å². The average molecular weight is 328 g/mol. The van der Waals surface area contributed by atoms with Gasteiger partial charge in [-0.3, -0.25) is 4.79 Å². The number of amides is 1.